The van der Waals surface area contributed by atoms with Crippen LogP contribution in [-0.4, -0.2) is 50.3 Å². The molecule has 0 spiro atoms. The van der Waals surface area contributed by atoms with E-state index in [4.69, 9.17) is 21.1 Å². The fraction of sp³-hybridized carbons (Fsp3) is 0.917. The lowest BCUT2D eigenvalue weighted by Gasteiger charge is -2.05. The number of ether oxygens (including phenoxy) is 2. The second-order valence-corrected chi connectivity index (χ2v) is 4.90. The van der Waals surface area contributed by atoms with Gasteiger partial charge in [-0.2, -0.15) is 0 Å². The Bertz CT molecular complexity index is 196. The highest BCUT2D eigenvalue weighted by molar-refractivity contribution is 8.12. The molecule has 1 N–H and O–H groups in total. The Morgan fingerprint density at radius 1 is 1.06 bits per heavy atom. The fourth-order valence-corrected chi connectivity index (χ4v) is 1.68. The quantitative estimate of drug-likeness (QED) is 0.444. The average Bonchev–Trinajstić information content (AvgIpc) is 2.39. The number of carbonyl (C=O) groups excluding carboxylic acids is 1. The maximum Gasteiger partial charge on any atom is 0.278 e. The van der Waals surface area contributed by atoms with Crippen molar-refractivity contribution in [2.24, 2.45) is 0 Å². The molecule has 0 saturated carbocycles. The smallest absolute Gasteiger partial charge is 0.278 e. The lowest BCUT2D eigenvalue weighted by Crippen LogP contribution is -2.19. The molecule has 0 atom stereocenters. The SMILES string of the molecule is CSC(=O)NCCCCCCOCCOCCCl. The van der Waals surface area contributed by atoms with Gasteiger partial charge in [-0.1, -0.05) is 24.6 Å². The number of alkyl halides is 1. The normalized spacial score (nSPS) is 10.6. The molecule has 4 nitrogen and oxygen atoms in total. The summed E-state index contributed by atoms with van der Waals surface area (Å²) in [6.45, 7) is 3.40. The van der Waals surface area contributed by atoms with Crippen LogP contribution >= 0.6 is 23.4 Å². The molecule has 0 saturated heterocycles. The highest BCUT2D eigenvalue weighted by Crippen LogP contribution is 2.00. The van der Waals surface area contributed by atoms with Crippen molar-refractivity contribution in [3.8, 4) is 0 Å². The molecule has 18 heavy (non-hydrogen) atoms. The third kappa shape index (κ3) is 14.1. The Morgan fingerprint density at radius 2 is 1.72 bits per heavy atom. The lowest BCUT2D eigenvalue weighted by molar-refractivity contribution is 0.0519. The van der Waals surface area contributed by atoms with E-state index in [0.717, 1.165) is 38.8 Å². The fourth-order valence-electron chi connectivity index (χ4n) is 1.32. The maximum atomic E-state index is 10.9. The Hall–Kier alpha value is 0.0300. The van der Waals surface area contributed by atoms with Crippen LogP contribution in [0.25, 0.3) is 0 Å². The zero-order valence-corrected chi connectivity index (χ0v) is 12.7. The predicted molar refractivity (Wildman–Crippen MR) is 77.7 cm³/mol. The summed E-state index contributed by atoms with van der Waals surface area (Å²) in [5.74, 6) is 0.535. The van der Waals surface area contributed by atoms with Gasteiger partial charge in [0.15, 0.2) is 0 Å². The molecule has 6 heteroatoms. The number of hydrogen-bond acceptors (Lipinski definition) is 4. The number of thioether (sulfide) groups is 1. The number of rotatable bonds is 12. The Labute approximate surface area is 119 Å². The van der Waals surface area contributed by atoms with Gasteiger partial charge in [-0.3, -0.25) is 4.79 Å². The van der Waals surface area contributed by atoms with Gasteiger partial charge < -0.3 is 14.8 Å². The first-order valence-electron chi connectivity index (χ1n) is 6.34. The summed E-state index contributed by atoms with van der Waals surface area (Å²) in [6, 6.07) is 0. The van der Waals surface area contributed by atoms with E-state index in [1.165, 1.54) is 11.8 Å². The molecule has 0 heterocycles. The van der Waals surface area contributed by atoms with Crippen LogP contribution in [0.3, 0.4) is 0 Å². The van der Waals surface area contributed by atoms with E-state index in [1.54, 1.807) is 6.26 Å². The van der Waals surface area contributed by atoms with Crippen molar-refractivity contribution in [1.82, 2.24) is 5.32 Å². The zero-order valence-electron chi connectivity index (χ0n) is 11.1. The minimum Gasteiger partial charge on any atom is -0.379 e. The molecule has 0 aromatic rings. The highest BCUT2D eigenvalue weighted by atomic mass is 35.5. The van der Waals surface area contributed by atoms with E-state index in [1.807, 2.05) is 0 Å². The van der Waals surface area contributed by atoms with Gasteiger partial charge in [-0.05, 0) is 19.1 Å². The largest absolute Gasteiger partial charge is 0.379 e. The van der Waals surface area contributed by atoms with Crippen molar-refractivity contribution >= 4 is 28.6 Å². The molecule has 0 fully saturated rings. The lowest BCUT2D eigenvalue weighted by atomic mass is 10.2. The molecular weight excluding hydrogens is 274 g/mol. The maximum absolute atomic E-state index is 10.9. The first kappa shape index (κ1) is 18.0. The Morgan fingerprint density at radius 3 is 2.39 bits per heavy atom. The van der Waals surface area contributed by atoms with Crippen molar-refractivity contribution in [3.05, 3.63) is 0 Å². The summed E-state index contributed by atoms with van der Waals surface area (Å²) in [5, 5.41) is 2.88. The third-order valence-corrected chi connectivity index (χ3v) is 2.93. The first-order valence-corrected chi connectivity index (χ1v) is 8.10. The minimum atomic E-state index is 0.0512. The van der Waals surface area contributed by atoms with Crippen molar-refractivity contribution < 1.29 is 14.3 Å². The van der Waals surface area contributed by atoms with Crippen molar-refractivity contribution in [2.75, 3.05) is 45.1 Å². The number of amides is 1. The molecule has 1 amide bonds. The van der Waals surface area contributed by atoms with Gasteiger partial charge in [-0.15, -0.1) is 11.6 Å². The van der Waals surface area contributed by atoms with Gasteiger partial charge >= 0.3 is 0 Å². The molecule has 0 aliphatic heterocycles. The van der Waals surface area contributed by atoms with Crippen LogP contribution in [0.15, 0.2) is 0 Å². The van der Waals surface area contributed by atoms with Crippen molar-refractivity contribution in [3.63, 3.8) is 0 Å². The molecule has 0 unspecified atom stereocenters. The summed E-state index contributed by atoms with van der Waals surface area (Å²) in [6.07, 6.45) is 6.14. The summed E-state index contributed by atoms with van der Waals surface area (Å²) in [5.41, 5.74) is 0. The second-order valence-electron chi connectivity index (χ2n) is 3.75. The molecular formula is C12H24ClNO3S. The summed E-state index contributed by atoms with van der Waals surface area (Å²) < 4.78 is 10.6. The Balaban J connectivity index is 2.97. The van der Waals surface area contributed by atoms with Crippen molar-refractivity contribution in [1.29, 1.82) is 0 Å². The van der Waals surface area contributed by atoms with E-state index >= 15 is 0 Å². The van der Waals surface area contributed by atoms with Crippen LogP contribution in [0.5, 0.6) is 0 Å². The zero-order chi connectivity index (χ0) is 13.5. The van der Waals surface area contributed by atoms with Gasteiger partial charge in [0.1, 0.15) is 0 Å². The summed E-state index contributed by atoms with van der Waals surface area (Å²) in [4.78, 5) is 10.9. The molecule has 0 bridgehead atoms. The van der Waals surface area contributed by atoms with Crippen LogP contribution in [0.2, 0.25) is 0 Å². The molecule has 0 aromatic carbocycles. The van der Waals surface area contributed by atoms with E-state index in [2.05, 4.69) is 5.32 Å². The second kappa shape index (κ2) is 15.1. The highest BCUT2D eigenvalue weighted by Gasteiger charge is 1.96. The van der Waals surface area contributed by atoms with Crippen molar-refractivity contribution in [2.45, 2.75) is 25.7 Å². The van der Waals surface area contributed by atoms with Gasteiger partial charge in [0.05, 0.1) is 19.8 Å². The minimum absolute atomic E-state index is 0.0512. The summed E-state index contributed by atoms with van der Waals surface area (Å²) in [7, 11) is 0. The van der Waals surface area contributed by atoms with E-state index in [0.29, 0.717) is 25.7 Å². The van der Waals surface area contributed by atoms with E-state index < -0.39 is 0 Å². The standard InChI is InChI=1S/C12H24ClNO3S/c1-18-12(15)14-7-4-2-3-5-8-16-10-11-17-9-6-13/h2-11H2,1H3,(H,14,15). The third-order valence-electron chi connectivity index (χ3n) is 2.26. The van der Waals surface area contributed by atoms with Crippen LogP contribution < -0.4 is 5.32 Å². The van der Waals surface area contributed by atoms with E-state index in [-0.39, 0.29) is 5.24 Å². The van der Waals surface area contributed by atoms with E-state index in [9.17, 15) is 4.79 Å². The molecule has 0 rings (SSSR count). The van der Waals surface area contributed by atoms with Crippen LogP contribution in [-0.2, 0) is 9.47 Å². The molecule has 0 aliphatic carbocycles. The Kier molecular flexibility index (Phi) is 15.1. The molecule has 0 aromatic heterocycles. The monoisotopic (exact) mass is 297 g/mol. The number of carbonyl (C=O) groups is 1. The summed E-state index contributed by atoms with van der Waals surface area (Å²) >= 11 is 6.68. The molecule has 0 radical (unpaired) electrons. The predicted octanol–water partition coefficient (Wildman–Crippen LogP) is 2.89. The molecule has 108 valence electrons. The van der Waals surface area contributed by atoms with Gasteiger partial charge in [0.2, 0.25) is 0 Å². The number of unbranched alkanes of at least 4 members (excludes halogenated alkanes) is 3. The average molecular weight is 298 g/mol. The number of hydrogen-bond donors (Lipinski definition) is 1. The number of halogens is 1. The topological polar surface area (TPSA) is 47.6 Å². The van der Waals surface area contributed by atoms with Gasteiger partial charge in [0.25, 0.3) is 5.24 Å². The van der Waals surface area contributed by atoms with Crippen LogP contribution in [0.1, 0.15) is 25.7 Å². The van der Waals surface area contributed by atoms with Gasteiger partial charge in [-0.25, -0.2) is 0 Å². The van der Waals surface area contributed by atoms with Crippen LogP contribution in [0, 0.1) is 0 Å². The first-order chi connectivity index (χ1) is 8.81. The van der Waals surface area contributed by atoms with Crippen LogP contribution in [0.4, 0.5) is 4.79 Å². The van der Waals surface area contributed by atoms with Gasteiger partial charge in [0, 0.05) is 19.0 Å². The molecule has 0 aliphatic rings. The number of nitrogens with one attached hydrogen (secondary N) is 1.